The maximum Gasteiger partial charge on any atom is 0.233 e. The molecule has 2 unspecified atom stereocenters. The molecule has 154 valence electrons. The van der Waals surface area contributed by atoms with E-state index < -0.39 is 0 Å². The number of rotatable bonds is 3. The summed E-state index contributed by atoms with van der Waals surface area (Å²) in [6.45, 7) is 0.474. The summed E-state index contributed by atoms with van der Waals surface area (Å²) in [6.07, 6.45) is 4.13. The van der Waals surface area contributed by atoms with Crippen molar-refractivity contribution in [2.24, 2.45) is 5.92 Å². The number of hydrogen-bond acceptors (Lipinski definition) is 3. The molecular formula is C23H20Cl2N2OS2. The number of hydrogen-bond donors (Lipinski definition) is 0. The fourth-order valence-electron chi connectivity index (χ4n) is 4.72. The number of benzene rings is 2. The quantitative estimate of drug-likeness (QED) is 0.366. The van der Waals surface area contributed by atoms with Gasteiger partial charge in [-0.1, -0.05) is 60.3 Å². The van der Waals surface area contributed by atoms with E-state index in [0.717, 1.165) is 51.5 Å². The average molecular weight is 475 g/mol. The summed E-state index contributed by atoms with van der Waals surface area (Å²) in [6, 6.07) is 15.6. The molecule has 2 aromatic carbocycles. The van der Waals surface area contributed by atoms with Gasteiger partial charge in [0.1, 0.15) is 5.82 Å². The Balaban J connectivity index is 1.70. The van der Waals surface area contributed by atoms with E-state index in [0.29, 0.717) is 16.6 Å². The number of anilines is 1. The van der Waals surface area contributed by atoms with Gasteiger partial charge in [-0.2, -0.15) is 0 Å². The number of nitrogens with zero attached hydrogens (tertiary/aromatic N) is 2. The van der Waals surface area contributed by atoms with E-state index >= 15 is 0 Å². The zero-order valence-electron chi connectivity index (χ0n) is 16.2. The van der Waals surface area contributed by atoms with E-state index in [1.807, 2.05) is 53.4 Å². The van der Waals surface area contributed by atoms with Crippen molar-refractivity contribution in [3.05, 3.63) is 68.1 Å². The van der Waals surface area contributed by atoms with Crippen molar-refractivity contribution in [2.75, 3.05) is 4.90 Å². The lowest BCUT2D eigenvalue weighted by Gasteiger charge is -2.42. The van der Waals surface area contributed by atoms with Crippen LogP contribution in [0.1, 0.15) is 37.3 Å². The highest BCUT2D eigenvalue weighted by molar-refractivity contribution is 7.73. The smallest absolute Gasteiger partial charge is 0.233 e. The zero-order valence-corrected chi connectivity index (χ0v) is 19.3. The van der Waals surface area contributed by atoms with Crippen LogP contribution in [0.4, 0.5) is 5.82 Å². The van der Waals surface area contributed by atoms with Gasteiger partial charge in [-0.25, -0.2) is 0 Å². The molecule has 2 heterocycles. The lowest BCUT2D eigenvalue weighted by atomic mass is 9.82. The molecule has 0 saturated heterocycles. The fraction of sp³-hybridized carbons (Fsp3) is 0.304. The van der Waals surface area contributed by atoms with Gasteiger partial charge in [-0.05, 0) is 60.5 Å². The molecule has 1 amide bonds. The second-order valence-corrected chi connectivity index (χ2v) is 10.4. The Morgan fingerprint density at radius 1 is 1.03 bits per heavy atom. The molecule has 0 spiro atoms. The fourth-order valence-corrected chi connectivity index (χ4v) is 6.64. The first kappa shape index (κ1) is 20.3. The van der Waals surface area contributed by atoms with E-state index in [4.69, 9.17) is 35.4 Å². The van der Waals surface area contributed by atoms with Gasteiger partial charge in [0.2, 0.25) is 5.91 Å². The Morgan fingerprint density at radius 2 is 1.77 bits per heavy atom. The minimum absolute atomic E-state index is 0.0149. The molecule has 1 aromatic heterocycles. The largest absolute Gasteiger partial charge is 0.305 e. The van der Waals surface area contributed by atoms with E-state index in [1.54, 1.807) is 11.3 Å². The third kappa shape index (κ3) is 3.52. The summed E-state index contributed by atoms with van der Waals surface area (Å²) in [5.41, 5.74) is 2.00. The van der Waals surface area contributed by atoms with Gasteiger partial charge < -0.3 is 4.57 Å². The lowest BCUT2D eigenvalue weighted by molar-refractivity contribution is -0.126. The summed E-state index contributed by atoms with van der Waals surface area (Å²) < 4.78 is 3.06. The van der Waals surface area contributed by atoms with Crippen molar-refractivity contribution < 1.29 is 4.79 Å². The Hall–Kier alpha value is -1.66. The van der Waals surface area contributed by atoms with Gasteiger partial charge in [0.15, 0.2) is 3.95 Å². The van der Waals surface area contributed by atoms with Crippen LogP contribution in [0.15, 0.2) is 48.5 Å². The summed E-state index contributed by atoms with van der Waals surface area (Å²) in [5.74, 6) is 1.08. The molecule has 0 radical (unpaired) electrons. The van der Waals surface area contributed by atoms with Crippen LogP contribution in [0.5, 0.6) is 0 Å². The standard InChI is InChI=1S/C23H20Cl2N2OS2/c24-16-7-3-5-14(11-16)13-26-21-20(15-6-4-8-17(25)12-15)30-23(29)27(21)19-10-2-1-9-18(19)22(26)28/h3-8,11-12,18-19H,1-2,9-10,13H2. The third-order valence-electron chi connectivity index (χ3n) is 6.03. The minimum atomic E-state index is -0.0149. The summed E-state index contributed by atoms with van der Waals surface area (Å²) in [4.78, 5) is 16.6. The van der Waals surface area contributed by atoms with Crippen molar-refractivity contribution in [3.8, 4) is 10.4 Å². The van der Waals surface area contributed by atoms with Gasteiger partial charge in [-0.15, -0.1) is 11.3 Å². The number of carbonyl (C=O) groups is 1. The number of aromatic nitrogens is 1. The van der Waals surface area contributed by atoms with Crippen molar-refractivity contribution in [3.63, 3.8) is 0 Å². The Labute approximate surface area is 194 Å². The molecule has 30 heavy (non-hydrogen) atoms. The van der Waals surface area contributed by atoms with E-state index in [1.165, 1.54) is 0 Å². The monoisotopic (exact) mass is 474 g/mol. The van der Waals surface area contributed by atoms with Crippen LogP contribution in [0, 0.1) is 9.87 Å². The van der Waals surface area contributed by atoms with Crippen molar-refractivity contribution in [1.29, 1.82) is 0 Å². The molecule has 7 heteroatoms. The van der Waals surface area contributed by atoms with Crippen LogP contribution in [0.2, 0.25) is 10.0 Å². The first-order chi connectivity index (χ1) is 14.5. The molecule has 1 aliphatic carbocycles. The van der Waals surface area contributed by atoms with Crippen LogP contribution in [0.3, 0.4) is 0 Å². The molecule has 3 nitrogen and oxygen atoms in total. The molecule has 3 aromatic rings. The molecular weight excluding hydrogens is 455 g/mol. The molecule has 0 N–H and O–H groups in total. The van der Waals surface area contributed by atoms with Crippen molar-refractivity contribution >= 4 is 58.5 Å². The normalized spacial score (nSPS) is 20.7. The Bertz CT molecular complexity index is 1190. The van der Waals surface area contributed by atoms with Crippen LogP contribution in [0.25, 0.3) is 10.4 Å². The zero-order chi connectivity index (χ0) is 20.8. The summed E-state index contributed by atoms with van der Waals surface area (Å²) in [7, 11) is 0. The van der Waals surface area contributed by atoms with Crippen LogP contribution < -0.4 is 4.90 Å². The molecule has 1 fully saturated rings. The number of fused-ring (bicyclic) bond motifs is 3. The number of thiazole rings is 1. The molecule has 1 saturated carbocycles. The van der Waals surface area contributed by atoms with E-state index in [-0.39, 0.29) is 17.9 Å². The molecule has 5 rings (SSSR count). The molecule has 2 aliphatic rings. The highest BCUT2D eigenvalue weighted by Gasteiger charge is 2.43. The first-order valence-corrected chi connectivity index (χ1v) is 12.1. The predicted molar refractivity (Wildman–Crippen MR) is 127 cm³/mol. The average Bonchev–Trinajstić information content (AvgIpc) is 3.08. The van der Waals surface area contributed by atoms with Crippen LogP contribution >= 0.6 is 46.8 Å². The van der Waals surface area contributed by atoms with Gasteiger partial charge in [0, 0.05) is 16.1 Å². The van der Waals surface area contributed by atoms with Gasteiger partial charge in [0.25, 0.3) is 0 Å². The third-order valence-corrected chi connectivity index (χ3v) is 7.94. The Kier molecular flexibility index (Phi) is 5.48. The summed E-state index contributed by atoms with van der Waals surface area (Å²) in [5, 5.41) is 1.34. The van der Waals surface area contributed by atoms with Crippen LogP contribution in [-0.4, -0.2) is 10.5 Å². The highest BCUT2D eigenvalue weighted by Crippen LogP contribution is 2.49. The van der Waals surface area contributed by atoms with Crippen molar-refractivity contribution in [2.45, 2.75) is 38.3 Å². The van der Waals surface area contributed by atoms with Crippen LogP contribution in [-0.2, 0) is 11.3 Å². The lowest BCUT2D eigenvalue weighted by Crippen LogP contribution is -2.46. The topological polar surface area (TPSA) is 25.2 Å². The SMILES string of the molecule is O=C1C2CCCCC2n2c(c(-c3cccc(Cl)c3)sc2=S)N1Cc1cccc(Cl)c1. The number of carbonyl (C=O) groups excluding carboxylic acids is 1. The molecule has 1 aliphatic heterocycles. The highest BCUT2D eigenvalue weighted by atomic mass is 35.5. The second-order valence-electron chi connectivity index (χ2n) is 7.91. The van der Waals surface area contributed by atoms with Gasteiger partial charge in [-0.3, -0.25) is 9.69 Å². The minimum Gasteiger partial charge on any atom is -0.305 e. The van der Waals surface area contributed by atoms with E-state index in [2.05, 4.69) is 4.57 Å². The van der Waals surface area contributed by atoms with Gasteiger partial charge in [0.05, 0.1) is 17.3 Å². The summed E-state index contributed by atoms with van der Waals surface area (Å²) >= 11 is 19.9. The van der Waals surface area contributed by atoms with E-state index in [9.17, 15) is 4.79 Å². The number of amides is 1. The first-order valence-electron chi connectivity index (χ1n) is 10.1. The second kappa shape index (κ2) is 8.12. The molecule has 0 bridgehead atoms. The van der Waals surface area contributed by atoms with Crippen molar-refractivity contribution in [1.82, 2.24) is 4.57 Å². The maximum atomic E-state index is 13.7. The Morgan fingerprint density at radius 3 is 2.53 bits per heavy atom. The van der Waals surface area contributed by atoms with Gasteiger partial charge >= 0.3 is 0 Å². The molecule has 2 atom stereocenters. The maximum absolute atomic E-state index is 13.7. The number of halogens is 2. The predicted octanol–water partition coefficient (Wildman–Crippen LogP) is 7.53.